The highest BCUT2D eigenvalue weighted by atomic mass is 19.4. The average Bonchev–Trinajstić information content (AvgIpc) is 2.44. The van der Waals surface area contributed by atoms with Crippen molar-refractivity contribution in [1.29, 1.82) is 0 Å². The molecule has 0 aliphatic carbocycles. The molecule has 1 aromatic rings. The summed E-state index contributed by atoms with van der Waals surface area (Å²) >= 11 is 0. The predicted molar refractivity (Wildman–Crippen MR) is 67.4 cm³/mol. The first-order valence-corrected chi connectivity index (χ1v) is 6.16. The number of hydrogen-bond donors (Lipinski definition) is 2. The van der Waals surface area contributed by atoms with Crippen molar-refractivity contribution in [2.75, 3.05) is 20.2 Å². The smallest absolute Gasteiger partial charge is 0.511 e. The maximum Gasteiger partial charge on any atom is 0.511 e. The highest BCUT2D eigenvalue weighted by molar-refractivity contribution is 5.70. The van der Waals surface area contributed by atoms with Crippen LogP contribution >= 0.6 is 0 Å². The summed E-state index contributed by atoms with van der Waals surface area (Å²) in [6.45, 7) is 1.12. The monoisotopic (exact) mass is 323 g/mol. The number of halogens is 3. The molecular formula is C13H16F3NO5. The second-order valence-electron chi connectivity index (χ2n) is 4.14. The SMILES string of the molecule is C[NH+](CCCOc1ccccc1)C(=O)O.O=C([O-])C(F)(F)F. The summed E-state index contributed by atoms with van der Waals surface area (Å²) in [5.74, 6) is -2.18. The molecule has 6 nitrogen and oxygen atoms in total. The van der Waals surface area contributed by atoms with Gasteiger partial charge in [-0.1, -0.05) is 18.2 Å². The Kier molecular flexibility index (Phi) is 8.61. The molecule has 2 N–H and O–H groups in total. The lowest BCUT2D eigenvalue weighted by Crippen LogP contribution is -3.11. The summed E-state index contributed by atoms with van der Waals surface area (Å²) in [5, 5.41) is 17.4. The third-order valence-corrected chi connectivity index (χ3v) is 2.30. The van der Waals surface area contributed by atoms with E-state index in [4.69, 9.17) is 19.7 Å². The Hall–Kier alpha value is -2.29. The van der Waals surface area contributed by atoms with Crippen LogP contribution in [0.4, 0.5) is 18.0 Å². The van der Waals surface area contributed by atoms with Gasteiger partial charge < -0.3 is 19.7 Å². The van der Waals surface area contributed by atoms with Crippen molar-refractivity contribution in [1.82, 2.24) is 0 Å². The minimum Gasteiger partial charge on any atom is -0.542 e. The zero-order valence-corrected chi connectivity index (χ0v) is 11.7. The van der Waals surface area contributed by atoms with Crippen LogP contribution in [0.5, 0.6) is 5.75 Å². The number of aliphatic carboxylic acids is 1. The molecule has 0 aliphatic heterocycles. The molecule has 0 saturated carbocycles. The van der Waals surface area contributed by atoms with E-state index < -0.39 is 18.2 Å². The number of amides is 1. The number of hydrogen-bond acceptors (Lipinski definition) is 4. The maximum atomic E-state index is 10.5. The van der Waals surface area contributed by atoms with Gasteiger partial charge in [0.25, 0.3) is 0 Å². The Bertz CT molecular complexity index is 464. The van der Waals surface area contributed by atoms with Crippen LogP contribution in [0, 0.1) is 0 Å². The Labute approximate surface area is 124 Å². The van der Waals surface area contributed by atoms with E-state index in [1.165, 1.54) is 0 Å². The van der Waals surface area contributed by atoms with Crippen molar-refractivity contribution >= 4 is 12.1 Å². The molecule has 0 aliphatic rings. The van der Waals surface area contributed by atoms with E-state index >= 15 is 0 Å². The first-order valence-electron chi connectivity index (χ1n) is 6.16. The van der Waals surface area contributed by atoms with E-state index in [0.29, 0.717) is 18.1 Å². The number of nitrogens with one attached hydrogen (secondary N) is 1. The van der Waals surface area contributed by atoms with Crippen molar-refractivity contribution in [2.24, 2.45) is 0 Å². The van der Waals surface area contributed by atoms with Gasteiger partial charge in [0.15, 0.2) is 0 Å². The number of benzene rings is 1. The van der Waals surface area contributed by atoms with E-state index in [1.54, 1.807) is 7.05 Å². The van der Waals surface area contributed by atoms with Gasteiger partial charge in [0.05, 0.1) is 20.2 Å². The maximum absolute atomic E-state index is 10.5. The van der Waals surface area contributed by atoms with E-state index in [-0.39, 0.29) is 0 Å². The van der Waals surface area contributed by atoms with Gasteiger partial charge in [-0.2, -0.15) is 18.0 Å². The number of para-hydroxylation sites is 1. The second kappa shape index (κ2) is 9.61. The van der Waals surface area contributed by atoms with Gasteiger partial charge in [0.2, 0.25) is 0 Å². The zero-order valence-electron chi connectivity index (χ0n) is 11.7. The molecule has 0 saturated heterocycles. The molecule has 1 amide bonds. The summed E-state index contributed by atoms with van der Waals surface area (Å²) in [4.78, 5) is 19.7. The van der Waals surface area contributed by atoms with Gasteiger partial charge in [-0.25, -0.2) is 4.90 Å². The van der Waals surface area contributed by atoms with Crippen molar-refractivity contribution in [3.8, 4) is 5.75 Å². The molecule has 0 aromatic heterocycles. The third-order valence-electron chi connectivity index (χ3n) is 2.30. The van der Waals surface area contributed by atoms with Gasteiger partial charge in [-0.15, -0.1) is 0 Å². The Morgan fingerprint density at radius 1 is 1.27 bits per heavy atom. The molecule has 0 heterocycles. The number of quaternary nitrogens is 1. The second-order valence-corrected chi connectivity index (χ2v) is 4.14. The van der Waals surface area contributed by atoms with Crippen LogP contribution in [0.1, 0.15) is 6.42 Å². The molecule has 0 radical (unpaired) electrons. The molecule has 1 rings (SSSR count). The quantitative estimate of drug-likeness (QED) is 0.741. The minimum absolute atomic E-state index is 0.478. The van der Waals surface area contributed by atoms with Crippen molar-refractivity contribution in [3.63, 3.8) is 0 Å². The van der Waals surface area contributed by atoms with Crippen LogP contribution < -0.4 is 14.7 Å². The zero-order chi connectivity index (χ0) is 17.2. The lowest BCUT2D eigenvalue weighted by atomic mass is 10.3. The number of rotatable bonds is 5. The normalized spacial score (nSPS) is 11.8. The molecular weight excluding hydrogens is 307 g/mol. The fourth-order valence-corrected chi connectivity index (χ4v) is 1.15. The summed E-state index contributed by atoms with van der Waals surface area (Å²) in [6, 6.07) is 9.50. The number of alkyl halides is 3. The Morgan fingerprint density at radius 2 is 1.77 bits per heavy atom. The van der Waals surface area contributed by atoms with Crippen LogP contribution in [0.2, 0.25) is 0 Å². The third kappa shape index (κ3) is 9.59. The summed E-state index contributed by atoms with van der Waals surface area (Å²) in [7, 11) is 1.63. The van der Waals surface area contributed by atoms with Crippen molar-refractivity contribution in [3.05, 3.63) is 30.3 Å². The van der Waals surface area contributed by atoms with Gasteiger partial charge >= 0.3 is 12.3 Å². The summed E-state index contributed by atoms with van der Waals surface area (Å²) < 4.78 is 37.0. The largest absolute Gasteiger partial charge is 0.542 e. The van der Waals surface area contributed by atoms with Crippen LogP contribution in [0.25, 0.3) is 0 Å². The van der Waals surface area contributed by atoms with E-state index in [2.05, 4.69) is 0 Å². The molecule has 124 valence electrons. The highest BCUT2D eigenvalue weighted by Gasteiger charge is 2.28. The fraction of sp³-hybridized carbons (Fsp3) is 0.385. The molecule has 1 unspecified atom stereocenters. The van der Waals surface area contributed by atoms with Crippen LogP contribution in [0.15, 0.2) is 30.3 Å². The molecule has 9 heteroatoms. The predicted octanol–water partition coefficient (Wildman–Crippen LogP) is -0.0532. The topological polar surface area (TPSA) is 91.1 Å². The van der Waals surface area contributed by atoms with Crippen molar-refractivity contribution < 1.29 is 42.6 Å². The van der Waals surface area contributed by atoms with Crippen molar-refractivity contribution in [2.45, 2.75) is 12.6 Å². The van der Waals surface area contributed by atoms with Gasteiger partial charge in [-0.05, 0) is 12.1 Å². The van der Waals surface area contributed by atoms with Gasteiger partial charge in [-0.3, -0.25) is 0 Å². The lowest BCUT2D eigenvalue weighted by molar-refractivity contribution is -0.801. The molecule has 0 fully saturated rings. The average molecular weight is 323 g/mol. The number of carboxylic acid groups (broad SMARTS) is 2. The molecule has 1 atom stereocenters. The van der Waals surface area contributed by atoms with Gasteiger partial charge in [0, 0.05) is 6.42 Å². The molecule has 0 spiro atoms. The molecule has 1 aromatic carbocycles. The Balaban J connectivity index is 0.000000534. The van der Waals surface area contributed by atoms with Gasteiger partial charge in [0.1, 0.15) is 11.7 Å². The van der Waals surface area contributed by atoms with Crippen LogP contribution in [-0.2, 0) is 4.79 Å². The van der Waals surface area contributed by atoms with Crippen LogP contribution in [0.3, 0.4) is 0 Å². The minimum atomic E-state index is -5.19. The first kappa shape index (κ1) is 19.7. The number of carboxylic acids is 1. The standard InChI is InChI=1S/C11H15NO3.C2HF3O2/c1-12(11(13)14)8-5-9-15-10-6-3-2-4-7-10;3-2(4,5)1(6)7/h2-4,6-7H,5,8-9H2,1H3,(H,13,14);(H,6,7). The summed E-state index contributed by atoms with van der Waals surface area (Å²) in [6.07, 6.45) is -5.29. The van der Waals surface area contributed by atoms with Crippen LogP contribution in [-0.4, -0.2) is 43.5 Å². The summed E-state index contributed by atoms with van der Waals surface area (Å²) in [5.41, 5.74) is 0. The first-order chi connectivity index (χ1) is 10.1. The Morgan fingerprint density at radius 3 is 2.18 bits per heavy atom. The number of ether oxygens (including phenoxy) is 1. The van der Waals surface area contributed by atoms with E-state index in [0.717, 1.165) is 12.2 Å². The lowest BCUT2D eigenvalue weighted by Gasteiger charge is -2.08. The molecule has 0 bridgehead atoms. The number of carbonyl (C=O) groups excluding carboxylic acids is 1. The highest BCUT2D eigenvalue weighted by Crippen LogP contribution is 2.11. The molecule has 22 heavy (non-hydrogen) atoms. The van der Waals surface area contributed by atoms with E-state index in [1.807, 2.05) is 30.3 Å². The number of carbonyl (C=O) groups is 2. The van der Waals surface area contributed by atoms with E-state index in [9.17, 15) is 18.0 Å². The fourth-order valence-electron chi connectivity index (χ4n) is 1.15.